The summed E-state index contributed by atoms with van der Waals surface area (Å²) in [6.07, 6.45) is 1.17. The Hall–Kier alpha value is -2.62. The van der Waals surface area contributed by atoms with Crippen molar-refractivity contribution in [3.05, 3.63) is 59.7 Å². The first-order chi connectivity index (χ1) is 11.0. The monoisotopic (exact) mass is 308 g/mol. The van der Waals surface area contributed by atoms with Crippen LogP contribution in [-0.2, 0) is 9.59 Å². The molecule has 4 heteroatoms. The van der Waals surface area contributed by atoms with Crippen LogP contribution in [0.3, 0.4) is 0 Å². The maximum Gasteiger partial charge on any atom is 0.240 e. The lowest BCUT2D eigenvalue weighted by molar-refractivity contribution is -0.131. The van der Waals surface area contributed by atoms with Gasteiger partial charge in [0.2, 0.25) is 11.8 Å². The summed E-state index contributed by atoms with van der Waals surface area (Å²) in [6, 6.07) is 15.1. The van der Waals surface area contributed by atoms with Gasteiger partial charge in [0.05, 0.1) is 0 Å². The zero-order valence-corrected chi connectivity index (χ0v) is 13.3. The fraction of sp³-hybridized carbons (Fsp3) is 0.263. The summed E-state index contributed by atoms with van der Waals surface area (Å²) in [6.45, 7) is 3.87. The zero-order valence-electron chi connectivity index (χ0n) is 13.3. The number of carbonyl (C=O) groups excluding carboxylic acids is 2. The van der Waals surface area contributed by atoms with Crippen molar-refractivity contribution in [2.45, 2.75) is 26.7 Å². The first-order valence-electron chi connectivity index (χ1n) is 7.77. The highest BCUT2D eigenvalue weighted by molar-refractivity contribution is 6.17. The Labute approximate surface area is 135 Å². The van der Waals surface area contributed by atoms with Crippen LogP contribution < -0.4 is 10.6 Å². The second-order valence-electron chi connectivity index (χ2n) is 6.12. The van der Waals surface area contributed by atoms with E-state index in [0.717, 1.165) is 22.5 Å². The predicted octanol–water partition coefficient (Wildman–Crippen LogP) is 3.66. The molecule has 2 aromatic rings. The van der Waals surface area contributed by atoms with Crippen LogP contribution in [0, 0.1) is 19.3 Å². The Morgan fingerprint density at radius 2 is 1.17 bits per heavy atom. The van der Waals surface area contributed by atoms with Crippen molar-refractivity contribution in [1.29, 1.82) is 0 Å². The molecule has 0 aromatic heterocycles. The summed E-state index contributed by atoms with van der Waals surface area (Å²) < 4.78 is 0. The summed E-state index contributed by atoms with van der Waals surface area (Å²) in [5.41, 5.74) is 2.54. The number of hydrogen-bond donors (Lipinski definition) is 2. The third kappa shape index (κ3) is 2.97. The van der Waals surface area contributed by atoms with Crippen LogP contribution in [0.5, 0.6) is 0 Å². The van der Waals surface area contributed by atoms with Gasteiger partial charge in [0.25, 0.3) is 0 Å². The van der Waals surface area contributed by atoms with Crippen LogP contribution in [0.25, 0.3) is 0 Å². The molecule has 0 radical (unpaired) electrons. The molecule has 3 rings (SSSR count). The molecule has 23 heavy (non-hydrogen) atoms. The number of benzene rings is 2. The summed E-state index contributed by atoms with van der Waals surface area (Å²) in [7, 11) is 0. The molecule has 1 aliphatic rings. The van der Waals surface area contributed by atoms with Crippen molar-refractivity contribution in [3.63, 3.8) is 0 Å². The average molecular weight is 308 g/mol. The van der Waals surface area contributed by atoms with Crippen LogP contribution in [0.15, 0.2) is 48.5 Å². The highest BCUT2D eigenvalue weighted by Gasteiger charge is 2.56. The second kappa shape index (κ2) is 5.88. The van der Waals surface area contributed by atoms with Gasteiger partial charge in [-0.25, -0.2) is 0 Å². The lowest BCUT2D eigenvalue weighted by atomic mass is 10.0. The fourth-order valence-electron chi connectivity index (χ4n) is 2.59. The maximum atomic E-state index is 12.6. The van der Waals surface area contributed by atoms with E-state index in [4.69, 9.17) is 0 Å². The standard InChI is InChI=1S/C19H20N2O2/c1-13-7-3-5-9-15(13)20-17(22)19(11-12-19)18(23)21-16-10-6-4-8-14(16)2/h3-10H,11-12H2,1-2H3,(H,20,22)(H,21,23). The van der Waals surface area contributed by atoms with Gasteiger partial charge in [-0.2, -0.15) is 0 Å². The topological polar surface area (TPSA) is 58.2 Å². The van der Waals surface area contributed by atoms with E-state index >= 15 is 0 Å². The number of hydrogen-bond acceptors (Lipinski definition) is 2. The average Bonchev–Trinajstić information content (AvgIpc) is 3.34. The second-order valence-corrected chi connectivity index (χ2v) is 6.12. The molecule has 4 nitrogen and oxygen atoms in total. The molecule has 0 spiro atoms. The van der Waals surface area contributed by atoms with E-state index < -0.39 is 5.41 Å². The lowest BCUT2D eigenvalue weighted by Crippen LogP contribution is -2.36. The number of carbonyl (C=O) groups is 2. The van der Waals surface area contributed by atoms with E-state index in [0.29, 0.717) is 12.8 Å². The number of rotatable bonds is 4. The molecule has 0 aliphatic heterocycles. The SMILES string of the molecule is Cc1ccccc1NC(=O)C1(C(=O)Nc2ccccc2C)CC1. The van der Waals surface area contributed by atoms with Crippen LogP contribution in [0.2, 0.25) is 0 Å². The first kappa shape index (κ1) is 15.3. The minimum absolute atomic E-state index is 0.224. The number of anilines is 2. The maximum absolute atomic E-state index is 12.6. The van der Waals surface area contributed by atoms with Gasteiger partial charge in [-0.1, -0.05) is 36.4 Å². The minimum atomic E-state index is -0.940. The quantitative estimate of drug-likeness (QED) is 0.847. The zero-order chi connectivity index (χ0) is 16.4. The fourth-order valence-corrected chi connectivity index (χ4v) is 2.59. The third-order valence-electron chi connectivity index (χ3n) is 4.41. The highest BCUT2D eigenvalue weighted by Crippen LogP contribution is 2.47. The van der Waals surface area contributed by atoms with Crippen LogP contribution >= 0.6 is 0 Å². The van der Waals surface area contributed by atoms with E-state index in [-0.39, 0.29) is 11.8 Å². The van der Waals surface area contributed by atoms with Gasteiger partial charge >= 0.3 is 0 Å². The summed E-state index contributed by atoms with van der Waals surface area (Å²) in [5.74, 6) is -0.448. The van der Waals surface area contributed by atoms with Gasteiger partial charge in [-0.15, -0.1) is 0 Å². The molecule has 2 amide bonds. The van der Waals surface area contributed by atoms with Gasteiger partial charge in [-0.05, 0) is 49.9 Å². The Kier molecular flexibility index (Phi) is 3.90. The molecule has 2 aromatic carbocycles. The predicted molar refractivity (Wildman–Crippen MR) is 91.3 cm³/mol. The molecular formula is C19H20N2O2. The van der Waals surface area contributed by atoms with Crippen molar-refractivity contribution in [2.75, 3.05) is 10.6 Å². The molecule has 1 saturated carbocycles. The Morgan fingerprint density at radius 3 is 1.52 bits per heavy atom. The van der Waals surface area contributed by atoms with Crippen molar-refractivity contribution in [2.24, 2.45) is 5.41 Å². The Balaban J connectivity index is 1.74. The molecule has 0 heterocycles. The lowest BCUT2D eigenvalue weighted by Gasteiger charge is -2.17. The van der Waals surface area contributed by atoms with Crippen LogP contribution in [-0.4, -0.2) is 11.8 Å². The van der Waals surface area contributed by atoms with Gasteiger partial charge in [-0.3, -0.25) is 9.59 Å². The number of amides is 2. The molecule has 0 unspecified atom stereocenters. The van der Waals surface area contributed by atoms with Crippen LogP contribution in [0.1, 0.15) is 24.0 Å². The Bertz CT molecular complexity index is 702. The van der Waals surface area contributed by atoms with Gasteiger partial charge in [0.15, 0.2) is 0 Å². The number of nitrogens with one attached hydrogen (secondary N) is 2. The van der Waals surface area contributed by atoms with Crippen molar-refractivity contribution in [1.82, 2.24) is 0 Å². The smallest absolute Gasteiger partial charge is 0.240 e. The largest absolute Gasteiger partial charge is 0.325 e. The molecule has 0 atom stereocenters. The van der Waals surface area contributed by atoms with Gasteiger partial charge in [0.1, 0.15) is 5.41 Å². The highest BCUT2D eigenvalue weighted by atomic mass is 16.2. The molecular weight excluding hydrogens is 288 g/mol. The normalized spacial score (nSPS) is 14.9. The van der Waals surface area contributed by atoms with E-state index in [1.807, 2.05) is 62.4 Å². The molecule has 0 saturated heterocycles. The van der Waals surface area contributed by atoms with Crippen LogP contribution in [0.4, 0.5) is 11.4 Å². The number of para-hydroxylation sites is 2. The van der Waals surface area contributed by atoms with E-state index in [1.165, 1.54) is 0 Å². The van der Waals surface area contributed by atoms with Crippen molar-refractivity contribution >= 4 is 23.2 Å². The molecule has 118 valence electrons. The molecule has 1 fully saturated rings. The Morgan fingerprint density at radius 1 is 0.783 bits per heavy atom. The molecule has 1 aliphatic carbocycles. The molecule has 2 N–H and O–H groups in total. The molecule has 0 bridgehead atoms. The summed E-state index contributed by atoms with van der Waals surface area (Å²) in [5, 5.41) is 5.79. The van der Waals surface area contributed by atoms with E-state index in [1.54, 1.807) is 0 Å². The minimum Gasteiger partial charge on any atom is -0.325 e. The summed E-state index contributed by atoms with van der Waals surface area (Å²) in [4.78, 5) is 25.2. The first-order valence-corrected chi connectivity index (χ1v) is 7.77. The van der Waals surface area contributed by atoms with Gasteiger partial charge < -0.3 is 10.6 Å². The van der Waals surface area contributed by atoms with Gasteiger partial charge in [0, 0.05) is 11.4 Å². The van der Waals surface area contributed by atoms with Crippen molar-refractivity contribution < 1.29 is 9.59 Å². The third-order valence-corrected chi connectivity index (χ3v) is 4.41. The summed E-state index contributed by atoms with van der Waals surface area (Å²) >= 11 is 0. The number of aryl methyl sites for hydroxylation is 2. The van der Waals surface area contributed by atoms with Crippen molar-refractivity contribution in [3.8, 4) is 0 Å². The van der Waals surface area contributed by atoms with E-state index in [2.05, 4.69) is 10.6 Å². The van der Waals surface area contributed by atoms with E-state index in [9.17, 15) is 9.59 Å².